The Morgan fingerprint density at radius 1 is 1.19 bits per heavy atom. The van der Waals surface area contributed by atoms with E-state index in [1.165, 1.54) is 0 Å². The van der Waals surface area contributed by atoms with Gasteiger partial charge in [0.1, 0.15) is 5.84 Å². The van der Waals surface area contributed by atoms with Gasteiger partial charge in [0.15, 0.2) is 0 Å². The molecule has 21 heavy (non-hydrogen) atoms. The maximum absolute atomic E-state index is 12.7. The summed E-state index contributed by atoms with van der Waals surface area (Å²) in [6.07, 6.45) is 0. The van der Waals surface area contributed by atoms with Crippen molar-refractivity contribution >= 4 is 36.0 Å². The highest BCUT2D eigenvalue weighted by atomic mass is 35.5. The zero-order valence-electron chi connectivity index (χ0n) is 11.2. The first-order chi connectivity index (χ1) is 10.2. The van der Waals surface area contributed by atoms with Gasteiger partial charge in [-0.3, -0.25) is 14.7 Å². The number of hydrogen-bond acceptors (Lipinski definition) is 3. The molecular formula is C16H13ClN2OS. The number of thiol groups is 1. The van der Waals surface area contributed by atoms with E-state index >= 15 is 0 Å². The summed E-state index contributed by atoms with van der Waals surface area (Å²) in [4.78, 5) is 19.5. The van der Waals surface area contributed by atoms with Crippen LogP contribution in [0.2, 0.25) is 5.02 Å². The molecule has 0 aromatic heterocycles. The van der Waals surface area contributed by atoms with Crippen molar-refractivity contribution in [3.8, 4) is 0 Å². The molecule has 106 valence electrons. The van der Waals surface area contributed by atoms with E-state index in [9.17, 15) is 4.79 Å². The molecule has 0 N–H and O–H groups in total. The summed E-state index contributed by atoms with van der Waals surface area (Å²) in [5.41, 5.74) is 1.43. The molecule has 0 bridgehead atoms. The average Bonchev–Trinajstić information content (AvgIpc) is 2.96. The van der Waals surface area contributed by atoms with E-state index in [4.69, 9.17) is 11.6 Å². The van der Waals surface area contributed by atoms with Crippen molar-refractivity contribution in [2.45, 2.75) is 4.90 Å². The maximum atomic E-state index is 12.7. The summed E-state index contributed by atoms with van der Waals surface area (Å²) in [7, 11) is 0. The van der Waals surface area contributed by atoms with Gasteiger partial charge in [0.05, 0.1) is 12.1 Å². The van der Waals surface area contributed by atoms with Gasteiger partial charge in [-0.1, -0.05) is 35.9 Å². The first kappa shape index (κ1) is 14.2. The molecule has 1 aliphatic rings. The number of halogens is 1. The fourth-order valence-electron chi connectivity index (χ4n) is 2.32. The molecule has 0 saturated heterocycles. The Hall–Kier alpha value is -1.78. The third kappa shape index (κ3) is 2.82. The van der Waals surface area contributed by atoms with Crippen LogP contribution in [-0.2, 0) is 0 Å². The van der Waals surface area contributed by atoms with Crippen molar-refractivity contribution in [3.63, 3.8) is 0 Å². The molecule has 2 aromatic rings. The smallest absolute Gasteiger partial charge is 0.260 e. The minimum atomic E-state index is -0.0863. The number of carbonyl (C=O) groups excluding carboxylic acids is 1. The molecule has 0 radical (unpaired) electrons. The second-order valence-corrected chi connectivity index (χ2v) is 5.61. The number of amidine groups is 1. The molecule has 1 amide bonds. The Kier molecular flexibility index (Phi) is 3.99. The summed E-state index contributed by atoms with van der Waals surface area (Å²) in [5.74, 6) is 0.580. The van der Waals surface area contributed by atoms with E-state index in [-0.39, 0.29) is 5.91 Å². The molecule has 0 aliphatic carbocycles. The fourth-order valence-corrected chi connectivity index (χ4v) is 2.77. The maximum Gasteiger partial charge on any atom is 0.260 e. The average molecular weight is 317 g/mol. The lowest BCUT2D eigenvalue weighted by Crippen LogP contribution is -2.35. The Morgan fingerprint density at radius 2 is 2.00 bits per heavy atom. The summed E-state index contributed by atoms with van der Waals surface area (Å²) in [6.45, 7) is 1.17. The van der Waals surface area contributed by atoms with Crippen molar-refractivity contribution in [3.05, 3.63) is 64.7 Å². The number of benzene rings is 2. The topological polar surface area (TPSA) is 32.7 Å². The van der Waals surface area contributed by atoms with Gasteiger partial charge in [0.2, 0.25) is 0 Å². The molecule has 0 unspecified atom stereocenters. The molecule has 3 rings (SSSR count). The van der Waals surface area contributed by atoms with Crippen LogP contribution >= 0.6 is 24.2 Å². The highest BCUT2D eigenvalue weighted by molar-refractivity contribution is 7.80. The molecule has 0 saturated carbocycles. The summed E-state index contributed by atoms with van der Waals surface area (Å²) in [6, 6.07) is 14.7. The zero-order chi connectivity index (χ0) is 14.8. The van der Waals surface area contributed by atoms with Crippen LogP contribution in [0.3, 0.4) is 0 Å². The first-order valence-electron chi connectivity index (χ1n) is 6.57. The summed E-state index contributed by atoms with van der Waals surface area (Å²) < 4.78 is 0. The number of hydrogen-bond donors (Lipinski definition) is 1. The van der Waals surface area contributed by atoms with Crippen LogP contribution in [0.5, 0.6) is 0 Å². The van der Waals surface area contributed by atoms with Gasteiger partial charge >= 0.3 is 0 Å². The van der Waals surface area contributed by atoms with Gasteiger partial charge in [-0.2, -0.15) is 0 Å². The summed E-state index contributed by atoms with van der Waals surface area (Å²) in [5, 5.41) is 0.629. The number of aliphatic imine (C=N–C) groups is 1. The number of nitrogens with zero attached hydrogens (tertiary/aromatic N) is 2. The van der Waals surface area contributed by atoms with E-state index in [0.717, 1.165) is 5.56 Å². The lowest BCUT2D eigenvalue weighted by atomic mass is 10.1. The molecule has 1 aliphatic heterocycles. The van der Waals surface area contributed by atoms with Crippen LogP contribution in [0, 0.1) is 0 Å². The van der Waals surface area contributed by atoms with Crippen molar-refractivity contribution < 1.29 is 4.79 Å². The van der Waals surface area contributed by atoms with Gasteiger partial charge in [-0.15, -0.1) is 12.6 Å². The van der Waals surface area contributed by atoms with Crippen LogP contribution in [0.15, 0.2) is 58.4 Å². The highest BCUT2D eigenvalue weighted by Crippen LogP contribution is 2.21. The molecular weight excluding hydrogens is 304 g/mol. The Balaban J connectivity index is 1.94. The van der Waals surface area contributed by atoms with Crippen LogP contribution < -0.4 is 0 Å². The standard InChI is InChI=1S/C16H13ClN2OS/c17-12-5-3-4-11(10-12)15-18-8-9-19(15)16(20)13-6-1-2-7-14(13)21/h1-7,10,21H,8-9H2. The third-order valence-corrected chi connectivity index (χ3v) is 3.93. The summed E-state index contributed by atoms with van der Waals surface area (Å²) >= 11 is 10.4. The van der Waals surface area contributed by atoms with Gasteiger partial charge in [0, 0.05) is 22.0 Å². The first-order valence-corrected chi connectivity index (χ1v) is 7.39. The molecule has 2 aromatic carbocycles. The molecule has 0 fully saturated rings. The van der Waals surface area contributed by atoms with Crippen molar-refractivity contribution in [2.75, 3.05) is 13.1 Å². The monoisotopic (exact) mass is 316 g/mol. The second kappa shape index (κ2) is 5.92. The normalized spacial score (nSPS) is 14.2. The highest BCUT2D eigenvalue weighted by Gasteiger charge is 2.26. The fraction of sp³-hybridized carbons (Fsp3) is 0.125. The minimum absolute atomic E-state index is 0.0863. The molecule has 3 nitrogen and oxygen atoms in total. The predicted molar refractivity (Wildman–Crippen MR) is 87.6 cm³/mol. The van der Waals surface area contributed by atoms with E-state index in [1.54, 1.807) is 17.0 Å². The molecule has 0 spiro atoms. The van der Waals surface area contributed by atoms with E-state index < -0.39 is 0 Å². The van der Waals surface area contributed by atoms with Crippen LogP contribution in [-0.4, -0.2) is 29.7 Å². The predicted octanol–water partition coefficient (Wildman–Crippen LogP) is 3.53. The molecule has 5 heteroatoms. The lowest BCUT2D eigenvalue weighted by molar-refractivity contribution is 0.0855. The SMILES string of the molecule is O=C(c1ccccc1S)N1CCN=C1c1cccc(Cl)c1. The van der Waals surface area contributed by atoms with E-state index in [1.807, 2.05) is 36.4 Å². The van der Waals surface area contributed by atoms with Crippen molar-refractivity contribution in [1.82, 2.24) is 4.90 Å². The van der Waals surface area contributed by atoms with Gasteiger partial charge in [0.25, 0.3) is 5.91 Å². The Morgan fingerprint density at radius 3 is 2.76 bits per heavy atom. The largest absolute Gasteiger partial charge is 0.291 e. The zero-order valence-corrected chi connectivity index (χ0v) is 12.8. The van der Waals surface area contributed by atoms with E-state index in [0.29, 0.717) is 34.4 Å². The van der Waals surface area contributed by atoms with Crippen LogP contribution in [0.4, 0.5) is 0 Å². The van der Waals surface area contributed by atoms with Crippen LogP contribution in [0.1, 0.15) is 15.9 Å². The number of amides is 1. The minimum Gasteiger partial charge on any atom is -0.291 e. The second-order valence-electron chi connectivity index (χ2n) is 4.69. The lowest BCUT2D eigenvalue weighted by Gasteiger charge is -2.19. The van der Waals surface area contributed by atoms with Gasteiger partial charge < -0.3 is 0 Å². The third-order valence-electron chi connectivity index (χ3n) is 3.30. The van der Waals surface area contributed by atoms with Gasteiger partial charge in [-0.05, 0) is 24.3 Å². The quantitative estimate of drug-likeness (QED) is 0.845. The van der Waals surface area contributed by atoms with Crippen molar-refractivity contribution in [2.24, 2.45) is 4.99 Å². The van der Waals surface area contributed by atoms with Crippen molar-refractivity contribution in [1.29, 1.82) is 0 Å². The molecule has 0 atom stereocenters. The number of carbonyl (C=O) groups is 1. The number of rotatable bonds is 2. The Bertz CT molecular complexity index is 730. The van der Waals surface area contributed by atoms with Gasteiger partial charge in [-0.25, -0.2) is 0 Å². The van der Waals surface area contributed by atoms with E-state index in [2.05, 4.69) is 17.6 Å². The van der Waals surface area contributed by atoms with Crippen LogP contribution in [0.25, 0.3) is 0 Å². The molecule has 1 heterocycles. The Labute approximate surface area is 133 Å².